The Morgan fingerprint density at radius 3 is 2.90 bits per heavy atom. The summed E-state index contributed by atoms with van der Waals surface area (Å²) in [4.78, 5) is 6.81. The lowest BCUT2D eigenvalue weighted by molar-refractivity contribution is 0.632. The molecule has 0 bridgehead atoms. The molecule has 0 saturated heterocycles. The zero-order valence-electron chi connectivity index (χ0n) is 16.5. The van der Waals surface area contributed by atoms with Gasteiger partial charge in [0, 0.05) is 36.3 Å². The molecule has 0 spiro atoms. The molecule has 30 heavy (non-hydrogen) atoms. The monoisotopic (exact) mass is 423 g/mol. The van der Waals surface area contributed by atoms with Crippen LogP contribution in [0.15, 0.2) is 36.8 Å². The number of halogens is 2. The number of rotatable bonds is 3. The van der Waals surface area contributed by atoms with Gasteiger partial charge < -0.3 is 10.2 Å². The molecule has 4 aromatic rings. The number of nitrogens with one attached hydrogen (secondary N) is 1. The molecule has 0 unspecified atom stereocenters. The molecule has 7 nitrogen and oxygen atoms in total. The van der Waals surface area contributed by atoms with Gasteiger partial charge in [-0.05, 0) is 37.6 Å². The highest BCUT2D eigenvalue weighted by Gasteiger charge is 2.23. The van der Waals surface area contributed by atoms with Crippen molar-refractivity contribution in [3.05, 3.63) is 70.0 Å². The number of aryl methyl sites for hydroxylation is 1. The van der Waals surface area contributed by atoms with E-state index in [1.165, 1.54) is 6.07 Å². The Kier molecular flexibility index (Phi) is 4.51. The molecule has 1 aliphatic heterocycles. The number of hydrogen-bond donors (Lipinski definition) is 1. The minimum absolute atomic E-state index is 0.250. The number of para-hydroxylation sites is 1. The number of fused-ring (bicyclic) bond motifs is 2. The predicted octanol–water partition coefficient (Wildman–Crippen LogP) is 4.23. The van der Waals surface area contributed by atoms with Crippen LogP contribution in [0.25, 0.3) is 5.65 Å². The second kappa shape index (κ2) is 7.21. The third kappa shape index (κ3) is 3.13. The van der Waals surface area contributed by atoms with Crippen LogP contribution in [0.1, 0.15) is 22.4 Å². The Morgan fingerprint density at radius 2 is 2.07 bits per heavy atom. The Morgan fingerprint density at radius 1 is 1.20 bits per heavy atom. The highest BCUT2D eigenvalue weighted by molar-refractivity contribution is 6.33. The quantitative estimate of drug-likeness (QED) is 0.531. The van der Waals surface area contributed by atoms with Gasteiger partial charge in [-0.15, -0.1) is 15.3 Å². The Labute approximate surface area is 177 Å². The lowest BCUT2D eigenvalue weighted by Gasteiger charge is -2.30. The third-order valence-corrected chi connectivity index (χ3v) is 5.85. The van der Waals surface area contributed by atoms with E-state index in [1.807, 2.05) is 13.0 Å². The summed E-state index contributed by atoms with van der Waals surface area (Å²) in [6.07, 6.45) is 4.13. The van der Waals surface area contributed by atoms with Gasteiger partial charge in [-0.25, -0.2) is 4.39 Å². The van der Waals surface area contributed by atoms with Crippen LogP contribution in [0.4, 0.5) is 21.6 Å². The van der Waals surface area contributed by atoms with Gasteiger partial charge in [-0.2, -0.15) is 4.52 Å². The van der Waals surface area contributed by atoms with Gasteiger partial charge in [0.25, 0.3) is 0 Å². The predicted molar refractivity (Wildman–Crippen MR) is 114 cm³/mol. The highest BCUT2D eigenvalue weighted by Crippen LogP contribution is 2.31. The van der Waals surface area contributed by atoms with E-state index < -0.39 is 5.82 Å². The van der Waals surface area contributed by atoms with Gasteiger partial charge in [0.05, 0.1) is 22.6 Å². The van der Waals surface area contributed by atoms with E-state index >= 15 is 0 Å². The SMILES string of the molecule is Cc1c(N2CCc3ncc(Nc4c(F)cccc4Cl)cc3C2)nn2cnnc2c1C. The Hall–Kier alpha value is -3.26. The summed E-state index contributed by atoms with van der Waals surface area (Å²) in [6, 6.07) is 6.60. The summed E-state index contributed by atoms with van der Waals surface area (Å²) in [5, 5.41) is 16.2. The van der Waals surface area contributed by atoms with E-state index in [1.54, 1.807) is 29.2 Å². The average molecular weight is 424 g/mol. The molecule has 3 aromatic heterocycles. The first kappa shape index (κ1) is 18.7. The molecule has 0 saturated carbocycles. The average Bonchev–Trinajstić information content (AvgIpc) is 3.22. The fourth-order valence-electron chi connectivity index (χ4n) is 3.80. The van der Waals surface area contributed by atoms with Crippen LogP contribution in [-0.2, 0) is 13.0 Å². The standard InChI is InChI=1S/C21H19ClFN7/c1-12-13(2)21(28-30-11-25-27-20(12)30)29-7-6-18-14(10-29)8-15(9-24-18)26-19-16(22)4-3-5-17(19)23/h3-5,8-9,11,26H,6-7,10H2,1-2H3. The van der Waals surface area contributed by atoms with Crippen molar-refractivity contribution in [2.75, 3.05) is 16.8 Å². The van der Waals surface area contributed by atoms with Gasteiger partial charge in [0.15, 0.2) is 11.5 Å². The van der Waals surface area contributed by atoms with E-state index in [0.717, 1.165) is 46.8 Å². The molecule has 0 aliphatic carbocycles. The van der Waals surface area contributed by atoms with Gasteiger partial charge in [-0.3, -0.25) is 4.98 Å². The van der Waals surface area contributed by atoms with Crippen molar-refractivity contribution in [3.63, 3.8) is 0 Å². The molecule has 1 aromatic carbocycles. The minimum atomic E-state index is -0.403. The first-order valence-electron chi connectivity index (χ1n) is 9.62. The van der Waals surface area contributed by atoms with Crippen LogP contribution in [0.5, 0.6) is 0 Å². The minimum Gasteiger partial charge on any atom is -0.351 e. The highest BCUT2D eigenvalue weighted by atomic mass is 35.5. The number of pyridine rings is 1. The van der Waals surface area contributed by atoms with Crippen molar-refractivity contribution in [2.24, 2.45) is 0 Å². The molecule has 4 heterocycles. The first-order valence-corrected chi connectivity index (χ1v) is 10.00. The number of nitrogens with zero attached hydrogens (tertiary/aromatic N) is 6. The summed E-state index contributed by atoms with van der Waals surface area (Å²) < 4.78 is 15.9. The van der Waals surface area contributed by atoms with Gasteiger partial charge in [-0.1, -0.05) is 17.7 Å². The molecular formula is C21H19ClFN7. The first-order chi connectivity index (χ1) is 14.5. The van der Waals surface area contributed by atoms with E-state index in [4.69, 9.17) is 16.7 Å². The molecule has 0 radical (unpaired) electrons. The third-order valence-electron chi connectivity index (χ3n) is 5.54. The molecular weight excluding hydrogens is 405 g/mol. The number of hydrogen-bond acceptors (Lipinski definition) is 6. The van der Waals surface area contributed by atoms with Gasteiger partial charge in [0.2, 0.25) is 0 Å². The van der Waals surface area contributed by atoms with Crippen LogP contribution in [-0.4, -0.2) is 31.3 Å². The summed E-state index contributed by atoms with van der Waals surface area (Å²) in [7, 11) is 0. The van der Waals surface area contributed by atoms with E-state index in [-0.39, 0.29) is 5.69 Å². The summed E-state index contributed by atoms with van der Waals surface area (Å²) in [6.45, 7) is 5.55. The van der Waals surface area contributed by atoms with E-state index in [0.29, 0.717) is 17.3 Å². The zero-order valence-corrected chi connectivity index (χ0v) is 17.3. The summed E-state index contributed by atoms with van der Waals surface area (Å²) in [5.41, 5.74) is 5.96. The second-order valence-corrected chi connectivity index (χ2v) is 7.80. The van der Waals surface area contributed by atoms with Crippen molar-refractivity contribution in [3.8, 4) is 0 Å². The maximum absolute atomic E-state index is 14.1. The lowest BCUT2D eigenvalue weighted by Crippen LogP contribution is -2.32. The molecule has 9 heteroatoms. The smallest absolute Gasteiger partial charge is 0.180 e. The molecule has 1 N–H and O–H groups in total. The van der Waals surface area contributed by atoms with E-state index in [9.17, 15) is 4.39 Å². The fraction of sp³-hybridized carbons (Fsp3) is 0.238. The number of benzene rings is 1. The van der Waals surface area contributed by atoms with Crippen LogP contribution in [0.2, 0.25) is 5.02 Å². The summed E-state index contributed by atoms with van der Waals surface area (Å²) in [5.74, 6) is 0.500. The molecule has 0 fully saturated rings. The van der Waals surface area contributed by atoms with Crippen molar-refractivity contribution >= 4 is 34.4 Å². The fourth-order valence-corrected chi connectivity index (χ4v) is 4.01. The second-order valence-electron chi connectivity index (χ2n) is 7.40. The topological polar surface area (TPSA) is 71.2 Å². The van der Waals surface area contributed by atoms with Gasteiger partial charge in [0.1, 0.15) is 12.1 Å². The van der Waals surface area contributed by atoms with E-state index in [2.05, 4.69) is 32.3 Å². The summed E-state index contributed by atoms with van der Waals surface area (Å²) >= 11 is 6.14. The van der Waals surface area contributed by atoms with Crippen molar-refractivity contribution in [1.29, 1.82) is 0 Å². The van der Waals surface area contributed by atoms with Gasteiger partial charge >= 0.3 is 0 Å². The van der Waals surface area contributed by atoms with Crippen molar-refractivity contribution in [1.82, 2.24) is 24.8 Å². The molecule has 5 rings (SSSR count). The molecule has 0 amide bonds. The van der Waals surface area contributed by atoms with Crippen LogP contribution in [0.3, 0.4) is 0 Å². The lowest BCUT2D eigenvalue weighted by atomic mass is 10.0. The largest absolute Gasteiger partial charge is 0.351 e. The van der Waals surface area contributed by atoms with Crippen molar-refractivity contribution < 1.29 is 4.39 Å². The molecule has 1 aliphatic rings. The maximum Gasteiger partial charge on any atom is 0.180 e. The molecule has 152 valence electrons. The Bertz CT molecular complexity index is 1250. The molecule has 0 atom stereocenters. The zero-order chi connectivity index (χ0) is 20.8. The number of anilines is 3. The van der Waals surface area contributed by atoms with Crippen LogP contribution < -0.4 is 10.2 Å². The van der Waals surface area contributed by atoms with Crippen molar-refractivity contribution in [2.45, 2.75) is 26.8 Å². The Balaban J connectivity index is 1.47. The van der Waals surface area contributed by atoms with Crippen LogP contribution >= 0.6 is 11.6 Å². The van der Waals surface area contributed by atoms with Crippen LogP contribution in [0, 0.1) is 19.7 Å². The maximum atomic E-state index is 14.1. The normalized spacial score (nSPS) is 13.5. The number of aromatic nitrogens is 5.